The van der Waals surface area contributed by atoms with Gasteiger partial charge in [0.05, 0.1) is 12.6 Å². The number of hydrogen-bond donors (Lipinski definition) is 1. The molecule has 1 heterocycles. The van der Waals surface area contributed by atoms with Crippen molar-refractivity contribution in [3.8, 4) is 0 Å². The fourth-order valence-electron chi connectivity index (χ4n) is 2.36. The van der Waals surface area contributed by atoms with Crippen molar-refractivity contribution in [2.75, 3.05) is 31.8 Å². The fourth-order valence-corrected chi connectivity index (χ4v) is 2.82. The Morgan fingerprint density at radius 2 is 2.42 bits per heavy atom. The summed E-state index contributed by atoms with van der Waals surface area (Å²) < 4.78 is 5.17. The van der Waals surface area contributed by atoms with E-state index in [1.165, 1.54) is 0 Å². The lowest BCUT2D eigenvalue weighted by Crippen LogP contribution is -2.40. The van der Waals surface area contributed by atoms with E-state index in [9.17, 15) is 4.79 Å². The Bertz CT molecular complexity index is 439. The van der Waals surface area contributed by atoms with Crippen LogP contribution in [0.2, 0.25) is 0 Å². The van der Waals surface area contributed by atoms with Crippen LogP contribution in [0.15, 0.2) is 29.2 Å². The van der Waals surface area contributed by atoms with E-state index in [0.717, 1.165) is 30.0 Å². The van der Waals surface area contributed by atoms with Crippen LogP contribution in [0.4, 0.5) is 10.5 Å². The predicted octanol–water partition coefficient (Wildman–Crippen LogP) is 3.05. The summed E-state index contributed by atoms with van der Waals surface area (Å²) in [5.74, 6) is 0. The number of ether oxygens (including phenoxy) is 1. The molecule has 2 amide bonds. The van der Waals surface area contributed by atoms with Crippen LogP contribution < -0.4 is 5.32 Å². The van der Waals surface area contributed by atoms with Gasteiger partial charge in [0.1, 0.15) is 0 Å². The van der Waals surface area contributed by atoms with E-state index in [-0.39, 0.29) is 12.1 Å². The smallest absolute Gasteiger partial charge is 0.322 e. The third-order valence-electron chi connectivity index (χ3n) is 3.32. The zero-order chi connectivity index (χ0) is 13.7. The topological polar surface area (TPSA) is 41.6 Å². The SMILES string of the molecule is COC[C@@H]1CCCN1C(=O)Nc1cccc(SC)c1. The lowest BCUT2D eigenvalue weighted by atomic mass is 10.2. The molecule has 1 aliphatic heterocycles. The molecule has 1 N–H and O–H groups in total. The molecule has 0 spiro atoms. The van der Waals surface area contributed by atoms with E-state index < -0.39 is 0 Å². The van der Waals surface area contributed by atoms with Crippen molar-refractivity contribution in [1.29, 1.82) is 0 Å². The molecule has 5 heteroatoms. The van der Waals surface area contributed by atoms with Crippen LogP contribution in [0.3, 0.4) is 0 Å². The molecular weight excluding hydrogens is 260 g/mol. The average Bonchev–Trinajstić information content (AvgIpc) is 2.88. The van der Waals surface area contributed by atoms with Crippen molar-refractivity contribution < 1.29 is 9.53 Å². The standard InChI is InChI=1S/C14H20N2O2S/c1-18-10-12-6-4-8-16(12)14(17)15-11-5-3-7-13(9-11)19-2/h3,5,7,9,12H,4,6,8,10H2,1-2H3,(H,15,17)/t12-/m0/s1. The Hall–Kier alpha value is -1.20. The average molecular weight is 280 g/mol. The number of thioether (sulfide) groups is 1. The minimum atomic E-state index is -0.0298. The second-order valence-electron chi connectivity index (χ2n) is 4.61. The van der Waals surface area contributed by atoms with Gasteiger partial charge < -0.3 is 15.0 Å². The highest BCUT2D eigenvalue weighted by Crippen LogP contribution is 2.22. The second kappa shape index (κ2) is 6.82. The summed E-state index contributed by atoms with van der Waals surface area (Å²) in [5, 5.41) is 2.97. The molecule has 4 nitrogen and oxygen atoms in total. The number of carbonyl (C=O) groups excluding carboxylic acids is 1. The number of amides is 2. The van der Waals surface area contributed by atoms with Crippen molar-refractivity contribution in [2.45, 2.75) is 23.8 Å². The van der Waals surface area contributed by atoms with Gasteiger partial charge >= 0.3 is 6.03 Å². The molecule has 0 radical (unpaired) electrons. The number of likely N-dealkylation sites (tertiary alicyclic amines) is 1. The predicted molar refractivity (Wildman–Crippen MR) is 78.8 cm³/mol. The summed E-state index contributed by atoms with van der Waals surface area (Å²) in [5.41, 5.74) is 0.847. The van der Waals surface area contributed by atoms with Gasteiger partial charge in [-0.3, -0.25) is 0 Å². The van der Waals surface area contributed by atoms with E-state index in [4.69, 9.17) is 4.74 Å². The number of anilines is 1. The molecule has 2 rings (SSSR count). The van der Waals surface area contributed by atoms with Crippen LogP contribution in [-0.4, -0.2) is 43.5 Å². The first-order chi connectivity index (χ1) is 9.24. The van der Waals surface area contributed by atoms with Gasteiger partial charge in [0.25, 0.3) is 0 Å². The van der Waals surface area contributed by atoms with Gasteiger partial charge in [-0.25, -0.2) is 4.79 Å². The number of rotatable bonds is 4. The van der Waals surface area contributed by atoms with Crippen LogP contribution in [-0.2, 0) is 4.74 Å². The first kappa shape index (κ1) is 14.2. The van der Waals surface area contributed by atoms with Crippen molar-refractivity contribution in [2.24, 2.45) is 0 Å². The molecule has 0 aliphatic carbocycles. The van der Waals surface area contributed by atoms with Gasteiger partial charge in [0.2, 0.25) is 0 Å². The van der Waals surface area contributed by atoms with E-state index in [2.05, 4.69) is 5.32 Å². The summed E-state index contributed by atoms with van der Waals surface area (Å²) in [6, 6.07) is 8.07. The summed E-state index contributed by atoms with van der Waals surface area (Å²) in [7, 11) is 1.68. The normalized spacial score (nSPS) is 18.6. The van der Waals surface area contributed by atoms with Crippen LogP contribution in [0.1, 0.15) is 12.8 Å². The lowest BCUT2D eigenvalue weighted by Gasteiger charge is -2.24. The zero-order valence-electron chi connectivity index (χ0n) is 11.4. The van der Waals surface area contributed by atoms with Crippen molar-refractivity contribution >= 4 is 23.5 Å². The molecule has 0 aromatic heterocycles. The second-order valence-corrected chi connectivity index (χ2v) is 5.49. The highest BCUT2D eigenvalue weighted by molar-refractivity contribution is 7.98. The molecule has 0 saturated carbocycles. The number of benzene rings is 1. The minimum Gasteiger partial charge on any atom is -0.383 e. The molecule has 0 unspecified atom stereocenters. The third kappa shape index (κ3) is 3.64. The largest absolute Gasteiger partial charge is 0.383 e. The summed E-state index contributed by atoms with van der Waals surface area (Å²) in [4.78, 5) is 15.3. The van der Waals surface area contributed by atoms with Gasteiger partial charge in [0.15, 0.2) is 0 Å². The Balaban J connectivity index is 1.99. The number of nitrogens with zero attached hydrogens (tertiary/aromatic N) is 1. The fraction of sp³-hybridized carbons (Fsp3) is 0.500. The lowest BCUT2D eigenvalue weighted by molar-refractivity contribution is 0.128. The van der Waals surface area contributed by atoms with Crippen molar-refractivity contribution in [3.05, 3.63) is 24.3 Å². The van der Waals surface area contributed by atoms with Gasteiger partial charge in [-0.1, -0.05) is 6.07 Å². The van der Waals surface area contributed by atoms with Gasteiger partial charge in [-0.15, -0.1) is 11.8 Å². The number of urea groups is 1. The van der Waals surface area contributed by atoms with Crippen LogP contribution >= 0.6 is 11.8 Å². The van der Waals surface area contributed by atoms with Crippen LogP contribution in [0, 0.1) is 0 Å². The molecule has 104 valence electrons. The number of hydrogen-bond acceptors (Lipinski definition) is 3. The van der Waals surface area contributed by atoms with Crippen molar-refractivity contribution in [1.82, 2.24) is 4.90 Å². The molecule has 1 atom stereocenters. The molecule has 0 bridgehead atoms. The Kier molecular flexibility index (Phi) is 5.10. The molecule has 1 aliphatic rings. The Morgan fingerprint density at radius 3 is 3.16 bits per heavy atom. The maximum atomic E-state index is 12.3. The van der Waals surface area contributed by atoms with Gasteiger partial charge in [-0.05, 0) is 37.3 Å². The number of carbonyl (C=O) groups is 1. The quantitative estimate of drug-likeness (QED) is 0.862. The van der Waals surface area contributed by atoms with E-state index in [1.54, 1.807) is 18.9 Å². The number of methoxy groups -OCH3 is 1. The summed E-state index contributed by atoms with van der Waals surface area (Å²) in [6.45, 7) is 1.42. The molecule has 1 saturated heterocycles. The highest BCUT2D eigenvalue weighted by atomic mass is 32.2. The van der Waals surface area contributed by atoms with Gasteiger partial charge in [-0.2, -0.15) is 0 Å². The first-order valence-corrected chi connectivity index (χ1v) is 7.67. The van der Waals surface area contributed by atoms with Gasteiger partial charge in [0, 0.05) is 24.2 Å². The van der Waals surface area contributed by atoms with E-state index >= 15 is 0 Å². The monoisotopic (exact) mass is 280 g/mol. The van der Waals surface area contributed by atoms with E-state index in [1.807, 2.05) is 35.4 Å². The summed E-state index contributed by atoms with van der Waals surface area (Å²) in [6.07, 6.45) is 4.09. The molecule has 19 heavy (non-hydrogen) atoms. The number of nitrogens with one attached hydrogen (secondary N) is 1. The van der Waals surface area contributed by atoms with Crippen LogP contribution in [0.25, 0.3) is 0 Å². The molecular formula is C14H20N2O2S. The maximum Gasteiger partial charge on any atom is 0.322 e. The van der Waals surface area contributed by atoms with E-state index in [0.29, 0.717) is 6.61 Å². The zero-order valence-corrected chi connectivity index (χ0v) is 12.2. The Morgan fingerprint density at radius 1 is 1.58 bits per heavy atom. The van der Waals surface area contributed by atoms with Crippen molar-refractivity contribution in [3.63, 3.8) is 0 Å². The first-order valence-electron chi connectivity index (χ1n) is 6.45. The summed E-state index contributed by atoms with van der Waals surface area (Å²) >= 11 is 1.67. The maximum absolute atomic E-state index is 12.3. The molecule has 1 fully saturated rings. The van der Waals surface area contributed by atoms with Crippen LogP contribution in [0.5, 0.6) is 0 Å². The Labute approximate surface area is 118 Å². The molecule has 1 aromatic rings. The minimum absolute atomic E-state index is 0.0298. The highest BCUT2D eigenvalue weighted by Gasteiger charge is 2.28. The third-order valence-corrected chi connectivity index (χ3v) is 4.04. The molecule has 1 aromatic carbocycles.